The number of carbonyl (C=O) groups excluding carboxylic acids is 1. The Bertz CT molecular complexity index is 715. The van der Waals surface area contributed by atoms with Gasteiger partial charge in [0.15, 0.2) is 0 Å². The van der Waals surface area contributed by atoms with Crippen LogP contribution in [0.25, 0.3) is 0 Å². The van der Waals surface area contributed by atoms with Gasteiger partial charge in [0.1, 0.15) is 0 Å². The van der Waals surface area contributed by atoms with Gasteiger partial charge in [-0.2, -0.15) is 0 Å². The van der Waals surface area contributed by atoms with Gasteiger partial charge in [-0.1, -0.05) is 188 Å². The first-order valence-electron chi connectivity index (χ1n) is 24.3. The fourth-order valence-corrected chi connectivity index (χ4v) is 7.80. The number of hydrogen-bond donors (Lipinski definition) is 1. The molecule has 0 aliphatic rings. The molecule has 0 amide bonds. The summed E-state index contributed by atoms with van der Waals surface area (Å²) in [5.41, 5.74) is 0. The van der Waals surface area contributed by atoms with Crippen LogP contribution in [0.1, 0.15) is 246 Å². The number of ether oxygens (including phenoxy) is 2. The minimum absolute atomic E-state index is 0.0668. The van der Waals surface area contributed by atoms with E-state index < -0.39 is 0 Å². The summed E-state index contributed by atoms with van der Waals surface area (Å²) in [4.78, 5) is 15.6. The van der Waals surface area contributed by atoms with E-state index in [0.29, 0.717) is 12.5 Å². The lowest BCUT2D eigenvalue weighted by Gasteiger charge is -2.22. The lowest BCUT2D eigenvalue weighted by Crippen LogP contribution is -2.27. The summed E-state index contributed by atoms with van der Waals surface area (Å²) in [5, 5.41) is 9.34. The van der Waals surface area contributed by atoms with Crippen LogP contribution >= 0.6 is 0 Å². The number of unbranched alkanes of at least 4 members (excludes halogenated alkanes) is 23. The minimum Gasteiger partial charge on any atom is -0.498 e. The van der Waals surface area contributed by atoms with Crippen molar-refractivity contribution in [3.63, 3.8) is 0 Å². The van der Waals surface area contributed by atoms with Crippen molar-refractivity contribution in [2.24, 2.45) is 11.8 Å². The molecule has 5 nitrogen and oxygen atoms in total. The number of aliphatic hydroxyl groups excluding tert-OH is 1. The second-order valence-electron chi connectivity index (χ2n) is 16.8. The molecule has 322 valence electrons. The van der Waals surface area contributed by atoms with E-state index in [-0.39, 0.29) is 18.5 Å². The highest BCUT2D eigenvalue weighted by Gasteiger charge is 2.19. The molecule has 0 bridgehead atoms. The normalized spacial score (nSPS) is 12.7. The van der Waals surface area contributed by atoms with Gasteiger partial charge in [-0.25, -0.2) is 0 Å². The molecule has 0 saturated heterocycles. The molecule has 0 fully saturated rings. The molecule has 0 saturated carbocycles. The van der Waals surface area contributed by atoms with Gasteiger partial charge in [0.25, 0.3) is 0 Å². The molecule has 2 unspecified atom stereocenters. The van der Waals surface area contributed by atoms with Crippen molar-refractivity contribution in [3.8, 4) is 0 Å². The Morgan fingerprint density at radius 2 is 0.778 bits per heavy atom. The summed E-state index contributed by atoms with van der Waals surface area (Å²) in [6.07, 6.45) is 41.7. The van der Waals surface area contributed by atoms with E-state index in [1.54, 1.807) is 0 Å². The van der Waals surface area contributed by atoms with Crippen LogP contribution in [0.5, 0.6) is 0 Å². The van der Waals surface area contributed by atoms with Crippen LogP contribution < -0.4 is 0 Å². The van der Waals surface area contributed by atoms with Crippen LogP contribution in [0.2, 0.25) is 0 Å². The molecule has 54 heavy (non-hydrogen) atoms. The van der Waals surface area contributed by atoms with E-state index in [2.05, 4.69) is 39.2 Å². The van der Waals surface area contributed by atoms with Crippen molar-refractivity contribution in [1.82, 2.24) is 4.90 Å². The topological polar surface area (TPSA) is 59.0 Å². The Hall–Kier alpha value is -1.07. The largest absolute Gasteiger partial charge is 0.498 e. The van der Waals surface area contributed by atoms with Crippen molar-refractivity contribution in [2.45, 2.75) is 246 Å². The number of allylic oxidation sites excluding steroid dienone is 1. The first-order chi connectivity index (χ1) is 26.5. The molecule has 0 aromatic carbocycles. The molecule has 0 aromatic heterocycles. The Balaban J connectivity index is 4.36. The summed E-state index contributed by atoms with van der Waals surface area (Å²) in [6.45, 7) is 18.5. The van der Waals surface area contributed by atoms with Crippen molar-refractivity contribution in [2.75, 3.05) is 39.5 Å². The molecule has 0 radical (unpaired) electrons. The number of aliphatic hydroxyl groups is 1. The highest BCUT2D eigenvalue weighted by atomic mass is 16.5. The fraction of sp³-hybridized carbons (Fsp3) is 0.939. The molecule has 1 N–H and O–H groups in total. The zero-order valence-corrected chi connectivity index (χ0v) is 37.3. The van der Waals surface area contributed by atoms with Crippen molar-refractivity contribution < 1.29 is 19.4 Å². The monoisotopic (exact) mass is 764 g/mol. The van der Waals surface area contributed by atoms with E-state index in [1.165, 1.54) is 161 Å². The van der Waals surface area contributed by atoms with Gasteiger partial charge in [-0.3, -0.25) is 4.79 Å². The number of carbonyl (C=O) groups is 1. The van der Waals surface area contributed by atoms with Crippen molar-refractivity contribution >= 4 is 5.97 Å². The molecule has 0 rings (SSSR count). The van der Waals surface area contributed by atoms with Gasteiger partial charge in [0, 0.05) is 12.5 Å². The van der Waals surface area contributed by atoms with Crippen LogP contribution in [0.4, 0.5) is 0 Å². The smallest absolute Gasteiger partial charge is 0.308 e. The van der Waals surface area contributed by atoms with Crippen LogP contribution in [-0.2, 0) is 14.3 Å². The number of rotatable bonds is 45. The Morgan fingerprint density at radius 3 is 1.22 bits per heavy atom. The number of hydrogen-bond acceptors (Lipinski definition) is 5. The number of esters is 1. The standard InChI is InChI=1S/C49H97NO4/c1-6-10-14-18-20-28-37-47(36-26-16-12-8-3)46(5)53-44-34-24-22-30-40-50(42-32-33-43-51)41-31-23-25-35-45-54-49(52)48(38-27-17-13-9-4)39-29-21-19-15-11-7-2/h47-48,51H,5-45H2,1-4H3. The summed E-state index contributed by atoms with van der Waals surface area (Å²) in [7, 11) is 0. The van der Waals surface area contributed by atoms with E-state index in [0.717, 1.165) is 89.8 Å². The predicted molar refractivity (Wildman–Crippen MR) is 236 cm³/mol. The maximum absolute atomic E-state index is 13.0. The summed E-state index contributed by atoms with van der Waals surface area (Å²) >= 11 is 0. The molecule has 2 atom stereocenters. The molecule has 5 heteroatoms. The summed E-state index contributed by atoms with van der Waals surface area (Å²) < 4.78 is 12.1. The first-order valence-corrected chi connectivity index (χ1v) is 24.3. The predicted octanol–water partition coefficient (Wildman–Crippen LogP) is 14.9. The average molecular weight is 764 g/mol. The van der Waals surface area contributed by atoms with Crippen LogP contribution in [-0.4, -0.2) is 55.4 Å². The molecule has 0 aliphatic carbocycles. The highest BCUT2D eigenvalue weighted by molar-refractivity contribution is 5.72. The van der Waals surface area contributed by atoms with E-state index in [4.69, 9.17) is 9.47 Å². The second kappa shape index (κ2) is 43.1. The molecular formula is C49H97NO4. The van der Waals surface area contributed by atoms with Crippen molar-refractivity contribution in [3.05, 3.63) is 12.3 Å². The fourth-order valence-electron chi connectivity index (χ4n) is 7.80. The molecule has 0 aromatic rings. The lowest BCUT2D eigenvalue weighted by molar-refractivity contribution is -0.149. The number of nitrogens with zero attached hydrogens (tertiary/aromatic N) is 1. The van der Waals surface area contributed by atoms with Gasteiger partial charge in [-0.05, 0) is 83.8 Å². The molecule has 0 heterocycles. The van der Waals surface area contributed by atoms with Gasteiger partial charge >= 0.3 is 5.97 Å². The average Bonchev–Trinajstić information content (AvgIpc) is 3.17. The van der Waals surface area contributed by atoms with Gasteiger partial charge in [0.05, 0.1) is 24.9 Å². The molecule has 0 spiro atoms. The zero-order valence-electron chi connectivity index (χ0n) is 37.3. The summed E-state index contributed by atoms with van der Waals surface area (Å²) in [6, 6.07) is 0. The first kappa shape index (κ1) is 52.9. The quantitative estimate of drug-likeness (QED) is 0.0380. The van der Waals surface area contributed by atoms with Gasteiger partial charge in [0.2, 0.25) is 0 Å². The maximum Gasteiger partial charge on any atom is 0.308 e. The zero-order chi connectivity index (χ0) is 39.6. The van der Waals surface area contributed by atoms with Crippen LogP contribution in [0, 0.1) is 11.8 Å². The summed E-state index contributed by atoms with van der Waals surface area (Å²) in [5.74, 6) is 1.76. The van der Waals surface area contributed by atoms with Crippen LogP contribution in [0.15, 0.2) is 12.3 Å². The molecular weight excluding hydrogens is 667 g/mol. The molecule has 0 aliphatic heterocycles. The maximum atomic E-state index is 13.0. The Labute approximate surface area is 339 Å². The highest BCUT2D eigenvalue weighted by Crippen LogP contribution is 2.26. The van der Waals surface area contributed by atoms with Crippen LogP contribution in [0.3, 0.4) is 0 Å². The third-order valence-electron chi connectivity index (χ3n) is 11.6. The van der Waals surface area contributed by atoms with Gasteiger partial charge in [-0.15, -0.1) is 0 Å². The Kier molecular flexibility index (Phi) is 42.2. The van der Waals surface area contributed by atoms with E-state index >= 15 is 0 Å². The third kappa shape index (κ3) is 35.4. The second-order valence-corrected chi connectivity index (χ2v) is 16.8. The Morgan fingerprint density at radius 1 is 0.444 bits per heavy atom. The van der Waals surface area contributed by atoms with Crippen molar-refractivity contribution in [1.29, 1.82) is 0 Å². The SMILES string of the molecule is C=C(OCCCCCCN(CCCCO)CCCCCCOC(=O)C(CCCCCC)CCCCCCCC)C(CCCCCC)CCCCCCCC. The lowest BCUT2D eigenvalue weighted by atomic mass is 9.93. The minimum atomic E-state index is 0.0668. The van der Waals surface area contributed by atoms with E-state index in [9.17, 15) is 9.90 Å². The van der Waals surface area contributed by atoms with Gasteiger partial charge < -0.3 is 19.5 Å². The third-order valence-corrected chi connectivity index (χ3v) is 11.6. The van der Waals surface area contributed by atoms with E-state index in [1.807, 2.05) is 0 Å².